The lowest BCUT2D eigenvalue weighted by molar-refractivity contribution is -0.131. The highest BCUT2D eigenvalue weighted by molar-refractivity contribution is 6.30. The van der Waals surface area contributed by atoms with Gasteiger partial charge in [-0.3, -0.25) is 9.59 Å². The minimum absolute atomic E-state index is 0.0825. The number of hydrogen-bond donors (Lipinski definition) is 1. The molecule has 1 saturated heterocycles. The zero-order valence-corrected chi connectivity index (χ0v) is 15.4. The average molecular weight is 368 g/mol. The Morgan fingerprint density at radius 3 is 2.52 bits per heavy atom. The standard InChI is InChI=1S/C18H26ClN3O3/c1-25-14-2-10-22(18(24)15-3-5-16(19)6-4-15)11-7-17(23)21-12-8-20-9-13-21/h3-6,20H,2,7-14H2,1H3. The summed E-state index contributed by atoms with van der Waals surface area (Å²) in [6.45, 7) is 4.66. The van der Waals surface area contributed by atoms with Crippen molar-refractivity contribution in [1.82, 2.24) is 15.1 Å². The van der Waals surface area contributed by atoms with Crippen LogP contribution in [0.3, 0.4) is 0 Å². The molecule has 1 heterocycles. The number of halogens is 1. The van der Waals surface area contributed by atoms with Crippen LogP contribution in [-0.4, -0.2) is 74.6 Å². The third-order valence-corrected chi connectivity index (χ3v) is 4.47. The summed E-state index contributed by atoms with van der Waals surface area (Å²) in [5.41, 5.74) is 0.580. The van der Waals surface area contributed by atoms with Crippen LogP contribution in [0.4, 0.5) is 0 Å². The van der Waals surface area contributed by atoms with Crippen LogP contribution in [0.2, 0.25) is 5.02 Å². The number of amides is 2. The van der Waals surface area contributed by atoms with Crippen LogP contribution in [-0.2, 0) is 9.53 Å². The first-order valence-corrected chi connectivity index (χ1v) is 9.02. The second-order valence-electron chi connectivity index (χ2n) is 6.03. The van der Waals surface area contributed by atoms with Crippen LogP contribution in [0.1, 0.15) is 23.2 Å². The zero-order chi connectivity index (χ0) is 18.1. The molecule has 1 aromatic carbocycles. The highest BCUT2D eigenvalue weighted by Gasteiger charge is 2.20. The number of ether oxygens (including phenoxy) is 1. The predicted octanol–water partition coefficient (Wildman–Crippen LogP) is 1.64. The second kappa shape index (κ2) is 10.4. The van der Waals surface area contributed by atoms with Crippen molar-refractivity contribution in [2.75, 3.05) is 53.0 Å². The Bertz CT molecular complexity index is 559. The molecule has 1 aliphatic heterocycles. The van der Waals surface area contributed by atoms with Crippen LogP contribution in [0.15, 0.2) is 24.3 Å². The number of piperazine rings is 1. The van der Waals surface area contributed by atoms with Crippen molar-refractivity contribution in [3.05, 3.63) is 34.9 Å². The van der Waals surface area contributed by atoms with E-state index in [1.165, 1.54) is 0 Å². The van der Waals surface area contributed by atoms with Gasteiger partial charge < -0.3 is 19.9 Å². The van der Waals surface area contributed by atoms with Crippen molar-refractivity contribution in [3.63, 3.8) is 0 Å². The summed E-state index contributed by atoms with van der Waals surface area (Å²) in [6, 6.07) is 6.83. The van der Waals surface area contributed by atoms with E-state index in [9.17, 15) is 9.59 Å². The van der Waals surface area contributed by atoms with Gasteiger partial charge in [-0.2, -0.15) is 0 Å². The third kappa shape index (κ3) is 6.30. The maximum Gasteiger partial charge on any atom is 0.253 e. The minimum Gasteiger partial charge on any atom is -0.385 e. The smallest absolute Gasteiger partial charge is 0.253 e. The molecule has 25 heavy (non-hydrogen) atoms. The molecule has 1 aromatic rings. The van der Waals surface area contributed by atoms with Gasteiger partial charge in [-0.05, 0) is 30.7 Å². The summed E-state index contributed by atoms with van der Waals surface area (Å²) < 4.78 is 5.08. The quantitative estimate of drug-likeness (QED) is 0.709. The van der Waals surface area contributed by atoms with Gasteiger partial charge in [0.05, 0.1) is 0 Å². The Morgan fingerprint density at radius 2 is 1.88 bits per heavy atom. The first-order chi connectivity index (χ1) is 12.1. The number of carbonyl (C=O) groups is 2. The van der Waals surface area contributed by atoms with Gasteiger partial charge in [-0.25, -0.2) is 0 Å². The molecule has 0 aliphatic carbocycles. The van der Waals surface area contributed by atoms with Gasteiger partial charge in [-0.1, -0.05) is 11.6 Å². The average Bonchev–Trinajstić information content (AvgIpc) is 2.65. The van der Waals surface area contributed by atoms with Crippen molar-refractivity contribution < 1.29 is 14.3 Å². The molecule has 7 heteroatoms. The normalized spacial score (nSPS) is 14.4. The molecule has 0 spiro atoms. The maximum atomic E-state index is 12.7. The first-order valence-electron chi connectivity index (χ1n) is 8.64. The van der Waals surface area contributed by atoms with Crippen molar-refractivity contribution in [2.45, 2.75) is 12.8 Å². The number of nitrogens with zero attached hydrogens (tertiary/aromatic N) is 2. The van der Waals surface area contributed by atoms with Gasteiger partial charge in [0.1, 0.15) is 0 Å². The molecular formula is C18H26ClN3O3. The summed E-state index contributed by atoms with van der Waals surface area (Å²) in [6.07, 6.45) is 1.07. The van der Waals surface area contributed by atoms with Crippen LogP contribution in [0.5, 0.6) is 0 Å². The number of methoxy groups -OCH3 is 1. The second-order valence-corrected chi connectivity index (χ2v) is 6.46. The first kappa shape index (κ1) is 19.7. The fraction of sp³-hybridized carbons (Fsp3) is 0.556. The minimum atomic E-state index is -0.0825. The van der Waals surface area contributed by atoms with Crippen molar-refractivity contribution in [1.29, 1.82) is 0 Å². The summed E-state index contributed by atoms with van der Waals surface area (Å²) >= 11 is 5.89. The SMILES string of the molecule is COCCCN(CCC(=O)N1CCNCC1)C(=O)c1ccc(Cl)cc1. The summed E-state index contributed by atoms with van der Waals surface area (Å²) in [7, 11) is 1.64. The maximum absolute atomic E-state index is 12.7. The molecule has 1 fully saturated rings. The van der Waals surface area contributed by atoms with Crippen LogP contribution in [0, 0.1) is 0 Å². The van der Waals surface area contributed by atoms with E-state index in [1.54, 1.807) is 36.3 Å². The van der Waals surface area contributed by atoms with Gasteiger partial charge in [-0.15, -0.1) is 0 Å². The van der Waals surface area contributed by atoms with E-state index in [0.717, 1.165) is 32.6 Å². The molecule has 138 valence electrons. The topological polar surface area (TPSA) is 61.9 Å². The molecule has 0 atom stereocenters. The number of nitrogens with one attached hydrogen (secondary N) is 1. The number of rotatable bonds is 8. The zero-order valence-electron chi connectivity index (χ0n) is 14.7. The van der Waals surface area contributed by atoms with Crippen LogP contribution >= 0.6 is 11.6 Å². The summed E-state index contributed by atoms with van der Waals surface area (Å²) in [5, 5.41) is 3.82. The molecule has 0 unspecified atom stereocenters. The Kier molecular flexibility index (Phi) is 8.18. The molecule has 1 N–H and O–H groups in total. The highest BCUT2D eigenvalue weighted by atomic mass is 35.5. The highest BCUT2D eigenvalue weighted by Crippen LogP contribution is 2.12. The Balaban J connectivity index is 1.95. The molecule has 2 amide bonds. The fourth-order valence-electron chi connectivity index (χ4n) is 2.79. The van der Waals surface area contributed by atoms with Crippen molar-refractivity contribution in [2.24, 2.45) is 0 Å². The monoisotopic (exact) mass is 367 g/mol. The van der Waals surface area contributed by atoms with Gasteiger partial charge in [0, 0.05) is 70.0 Å². The third-order valence-electron chi connectivity index (χ3n) is 4.22. The van der Waals surface area contributed by atoms with Crippen molar-refractivity contribution in [3.8, 4) is 0 Å². The van der Waals surface area contributed by atoms with E-state index >= 15 is 0 Å². The van der Waals surface area contributed by atoms with Gasteiger partial charge in [0.2, 0.25) is 5.91 Å². The molecule has 0 radical (unpaired) electrons. The van der Waals surface area contributed by atoms with E-state index in [1.807, 2.05) is 4.90 Å². The van der Waals surface area contributed by atoms with Crippen LogP contribution in [0.25, 0.3) is 0 Å². The largest absolute Gasteiger partial charge is 0.385 e. The van der Waals surface area contributed by atoms with Gasteiger partial charge in [0.15, 0.2) is 0 Å². The number of benzene rings is 1. The van der Waals surface area contributed by atoms with Crippen molar-refractivity contribution >= 4 is 23.4 Å². The van der Waals surface area contributed by atoms with E-state index in [2.05, 4.69) is 5.32 Å². The summed E-state index contributed by atoms with van der Waals surface area (Å²) in [4.78, 5) is 28.7. The van der Waals surface area contributed by atoms with Gasteiger partial charge in [0.25, 0.3) is 5.91 Å². The number of carbonyl (C=O) groups excluding carboxylic acids is 2. The lowest BCUT2D eigenvalue weighted by atomic mass is 10.2. The predicted molar refractivity (Wildman–Crippen MR) is 97.9 cm³/mol. The molecule has 1 aliphatic rings. The van der Waals surface area contributed by atoms with E-state index in [4.69, 9.17) is 16.3 Å². The van der Waals surface area contributed by atoms with E-state index < -0.39 is 0 Å². The Hall–Kier alpha value is -1.63. The lowest BCUT2D eigenvalue weighted by Crippen LogP contribution is -2.47. The lowest BCUT2D eigenvalue weighted by Gasteiger charge is -2.29. The van der Waals surface area contributed by atoms with Gasteiger partial charge >= 0.3 is 0 Å². The molecular weight excluding hydrogens is 342 g/mol. The fourth-order valence-corrected chi connectivity index (χ4v) is 2.92. The Labute approximate surface area is 154 Å². The molecule has 0 aromatic heterocycles. The molecule has 2 rings (SSSR count). The van der Waals surface area contributed by atoms with E-state index in [-0.39, 0.29) is 11.8 Å². The Morgan fingerprint density at radius 1 is 1.20 bits per heavy atom. The molecule has 0 bridgehead atoms. The van der Waals surface area contributed by atoms with Crippen LogP contribution < -0.4 is 5.32 Å². The molecule has 6 nitrogen and oxygen atoms in total. The van der Waals surface area contributed by atoms with E-state index in [0.29, 0.717) is 36.7 Å². The number of hydrogen-bond acceptors (Lipinski definition) is 4. The molecule has 0 saturated carbocycles. The summed E-state index contributed by atoms with van der Waals surface area (Å²) in [5.74, 6) is 0.0167.